The maximum atomic E-state index is 13.4. The molecule has 2 unspecified atom stereocenters. The van der Waals surface area contributed by atoms with Crippen LogP contribution in [0.2, 0.25) is 0 Å². The molecule has 0 aliphatic heterocycles. The minimum absolute atomic E-state index is 0. The molecule has 4 aliphatic carbocycles. The summed E-state index contributed by atoms with van der Waals surface area (Å²) in [5.74, 6) is 1.88. The van der Waals surface area contributed by atoms with Gasteiger partial charge in [0, 0.05) is 5.57 Å². The summed E-state index contributed by atoms with van der Waals surface area (Å²) in [6, 6.07) is 57.5. The number of carbonyl (C=O) groups is 7. The molecule has 0 aromatic heterocycles. The molecule has 5 N–H and O–H groups in total. The lowest BCUT2D eigenvalue weighted by molar-refractivity contribution is -0.137. The van der Waals surface area contributed by atoms with Crippen molar-refractivity contribution in [3.8, 4) is 28.7 Å². The highest BCUT2D eigenvalue weighted by Gasteiger charge is 2.44. The zero-order valence-corrected chi connectivity index (χ0v) is 78.9. The second-order valence-corrected chi connectivity index (χ2v) is 36.6. The molecular formula is C110H128Cl2O20S2. The number of aromatic hydroxyl groups is 2. The van der Waals surface area contributed by atoms with Crippen LogP contribution in [0.5, 0.6) is 28.7 Å². The lowest BCUT2D eigenvalue weighted by atomic mass is 9.68. The maximum Gasteiger partial charge on any atom is 0.425 e. The first-order chi connectivity index (χ1) is 63.2. The van der Waals surface area contributed by atoms with Crippen molar-refractivity contribution in [3.05, 3.63) is 315 Å². The maximum absolute atomic E-state index is 13.4. The molecule has 714 valence electrons. The molecule has 0 spiro atoms. The van der Waals surface area contributed by atoms with E-state index in [0.29, 0.717) is 71.6 Å². The first-order valence-electron chi connectivity index (χ1n) is 44.1. The molecule has 4 aliphatic rings. The third-order valence-electron chi connectivity index (χ3n) is 23.8. The van der Waals surface area contributed by atoms with Gasteiger partial charge in [-0.15, -0.1) is 35.8 Å². The molecule has 134 heavy (non-hydrogen) atoms. The van der Waals surface area contributed by atoms with Crippen molar-refractivity contribution in [3.63, 3.8) is 0 Å². The topological polar surface area (TPSA) is 334 Å². The number of ether oxygens (including phenoxy) is 2. The Morgan fingerprint density at radius 1 is 0.396 bits per heavy atom. The summed E-state index contributed by atoms with van der Waals surface area (Å²) in [5.41, 5.74) is 6.18. The zero-order valence-electron chi connectivity index (χ0n) is 75.8. The highest BCUT2D eigenvalue weighted by atomic mass is 35.5. The number of alkyl halides is 2. The third-order valence-corrected chi connectivity index (χ3v) is 24.9. The number of phenols is 2. The number of aliphatic hydroxyl groups is 3. The Morgan fingerprint density at radius 2 is 0.657 bits per heavy atom. The van der Waals surface area contributed by atoms with Gasteiger partial charge >= 0.3 is 20.7 Å². The van der Waals surface area contributed by atoms with Crippen molar-refractivity contribution in [1.82, 2.24) is 0 Å². The quantitative estimate of drug-likeness (QED) is 0.00597. The van der Waals surface area contributed by atoms with E-state index in [2.05, 4.69) is 6.92 Å². The van der Waals surface area contributed by atoms with Gasteiger partial charge in [0.05, 0.1) is 54.8 Å². The van der Waals surface area contributed by atoms with Crippen molar-refractivity contribution >= 4 is 133 Å². The van der Waals surface area contributed by atoms with Crippen LogP contribution >= 0.6 is 23.2 Å². The smallest absolute Gasteiger partial charge is 0.425 e. The van der Waals surface area contributed by atoms with Crippen LogP contribution in [0.4, 0.5) is 0 Å². The van der Waals surface area contributed by atoms with E-state index in [1.165, 1.54) is 61.4 Å². The van der Waals surface area contributed by atoms with Crippen molar-refractivity contribution in [1.29, 1.82) is 0 Å². The Morgan fingerprint density at radius 3 is 0.940 bits per heavy atom. The van der Waals surface area contributed by atoms with Gasteiger partial charge in [-0.3, -0.25) is 33.6 Å². The van der Waals surface area contributed by atoms with E-state index in [1.54, 1.807) is 162 Å². The van der Waals surface area contributed by atoms with E-state index >= 15 is 0 Å². The van der Waals surface area contributed by atoms with Crippen LogP contribution in [0.15, 0.2) is 254 Å². The van der Waals surface area contributed by atoms with Crippen LogP contribution in [0.1, 0.15) is 213 Å². The fourth-order valence-electron chi connectivity index (χ4n) is 14.9. The standard InChI is InChI=1S/C29H34O5S.C27H30O4.C26H28O4.C25H26O4.CH2Cl2.2CH4.O3S/c1-4-22-9-6-10-23(19-22)15-17-27(30)29(3,21-25-12-7-13-25)28(31)18-16-24-11-8-14-26(20-24)34-35(32,33)5-2;1-27(18-22-8-4-9-22,25(29)14-12-20-6-3-10-23(16-20)19-28)26(30)15-13-21-7-5-11-24(17-21)31-2;1-30-23-10-4-8-21(16-23)12-14-26(29)24(17-19-5-2-6-19)25(28)13-11-20-7-3-9-22(15-20)18-27;1-25(17-20-7-2-8-20,23(28)13-11-18-5-3-9-21(26)15-18)24(29)14-12-19-6-4-10-22(27)16-19;2-1-3;;;1-4(2)3/h6,8-11,14-20,25H,4-5,7,12-13,21H2,1-3H3;3,5-7,10-17,22,28H,4,8-9,18-19H2,1-2H3;3-4,7-16,19,27-28H,2,5-6,17-18H2,1H3;3-6,9-16,20,26-27H,2,7-8,17H2,1H3;1H2;2*1H4;/b17-15+,18-16+;14-12+,15-13+;13-11+,14-12+,25-24?;13-11+,14-12+;;;;. The van der Waals surface area contributed by atoms with Crippen LogP contribution in [-0.4, -0.2) is 112 Å². The Hall–Kier alpha value is -12.0. The minimum atomic E-state index is -3.64. The Kier molecular flexibility index (Phi) is 48.3. The van der Waals surface area contributed by atoms with E-state index in [1.807, 2.05) is 121 Å². The van der Waals surface area contributed by atoms with Gasteiger partial charge in [-0.2, -0.15) is 8.42 Å². The average molecular weight is 1910 g/mol. The minimum Gasteiger partial charge on any atom is -0.508 e. The van der Waals surface area contributed by atoms with Gasteiger partial charge in [0.1, 0.15) is 34.5 Å². The SMILES string of the molecule is C.C.CC(CC1CCC1)(C(=O)/C=C/c1cccc(O)c1)C(=O)/C=C/c1cccc(O)c1.CCc1cccc(/C=C/C(=O)C(C)(CC2CCC2)C(=O)/C=C/c2cccc(OS(=O)(=O)CC)c2)c1.COc1cccc(/C=C/C(=O)C(C)(CC2CCC2)C(=O)/C=C/c2cccc(CO)c2)c1.COc1cccc(/C=C/C(=O)C(CC2CCC2)=C(O)/C=C/c2cccc(CO)c2)c1.ClCCl.O=S(=O)=O. The monoisotopic (exact) mass is 1900 g/mol. The molecule has 8 aromatic carbocycles. The van der Waals surface area contributed by atoms with Gasteiger partial charge in [0.15, 0.2) is 40.5 Å². The van der Waals surface area contributed by atoms with Crippen molar-refractivity contribution < 1.29 is 93.8 Å². The first kappa shape index (κ1) is 112. The van der Waals surface area contributed by atoms with E-state index in [-0.39, 0.29) is 103 Å². The molecule has 0 bridgehead atoms. The van der Waals surface area contributed by atoms with Crippen LogP contribution in [0.25, 0.3) is 48.6 Å². The number of methoxy groups -OCH3 is 2. The predicted octanol–water partition coefficient (Wildman–Crippen LogP) is 23.6. The van der Waals surface area contributed by atoms with E-state index in [0.717, 1.165) is 127 Å². The highest BCUT2D eigenvalue weighted by molar-refractivity contribution is 7.87. The summed E-state index contributed by atoms with van der Waals surface area (Å²) in [7, 11) is -3.55. The summed E-state index contributed by atoms with van der Waals surface area (Å²) >= 11 is 9.53. The Bertz CT molecular complexity index is 5620. The van der Waals surface area contributed by atoms with E-state index < -0.39 is 37.0 Å². The fourth-order valence-corrected chi connectivity index (χ4v) is 15.4. The summed E-state index contributed by atoms with van der Waals surface area (Å²) in [6.07, 6.45) is 41.7. The normalized spacial score (nSPS) is 14.9. The van der Waals surface area contributed by atoms with Crippen molar-refractivity contribution in [2.45, 2.75) is 172 Å². The van der Waals surface area contributed by atoms with Gasteiger partial charge in [-0.25, -0.2) is 0 Å². The number of aryl methyl sites for hydroxylation is 1. The second-order valence-electron chi connectivity index (χ2n) is 33.5. The van der Waals surface area contributed by atoms with Gasteiger partial charge in [0.2, 0.25) is 0 Å². The third kappa shape index (κ3) is 37.4. The number of carbonyl (C=O) groups excluding carboxylic acids is 7. The molecule has 0 saturated heterocycles. The number of aliphatic hydroxyl groups excluding tert-OH is 3. The summed E-state index contributed by atoms with van der Waals surface area (Å²) in [6.45, 7) is 8.72. The van der Waals surface area contributed by atoms with Crippen LogP contribution in [0, 0.1) is 39.9 Å². The summed E-state index contributed by atoms with van der Waals surface area (Å²) < 4.78 is 64.3. The summed E-state index contributed by atoms with van der Waals surface area (Å²) in [5, 5.41) is 48.6. The molecule has 8 aromatic rings. The average Bonchev–Trinajstić information content (AvgIpc) is 0.807. The number of ketones is 7. The van der Waals surface area contributed by atoms with Crippen LogP contribution in [-0.2, 0) is 73.9 Å². The second kappa shape index (κ2) is 57.5. The van der Waals surface area contributed by atoms with Crippen molar-refractivity contribution in [2.75, 3.05) is 25.3 Å². The van der Waals surface area contributed by atoms with Gasteiger partial charge < -0.3 is 39.2 Å². The van der Waals surface area contributed by atoms with Gasteiger partial charge in [0.25, 0.3) is 0 Å². The van der Waals surface area contributed by atoms with E-state index in [4.69, 9.17) is 49.5 Å². The predicted molar refractivity (Wildman–Crippen MR) is 538 cm³/mol. The molecule has 0 radical (unpaired) electrons. The van der Waals surface area contributed by atoms with Gasteiger partial charge in [-0.1, -0.05) is 269 Å². The van der Waals surface area contributed by atoms with Crippen molar-refractivity contribution in [2.24, 2.45) is 39.9 Å². The lowest BCUT2D eigenvalue weighted by Crippen LogP contribution is -2.38. The zero-order chi connectivity index (χ0) is 96.2. The number of halogens is 2. The Labute approximate surface area is 802 Å². The number of rotatable bonds is 39. The molecule has 0 amide bonds. The lowest BCUT2D eigenvalue weighted by Gasteiger charge is -2.33. The molecule has 12 rings (SSSR count). The van der Waals surface area contributed by atoms with E-state index in [9.17, 15) is 67.5 Å². The molecule has 4 fully saturated rings. The van der Waals surface area contributed by atoms with Crippen LogP contribution in [0.3, 0.4) is 0 Å². The highest BCUT2D eigenvalue weighted by Crippen LogP contribution is 2.43. The number of hydrogen-bond acceptors (Lipinski definition) is 20. The molecule has 2 atom stereocenters. The molecular weight excluding hydrogens is 1780 g/mol. The first-order valence-corrected chi connectivity index (χ1v) is 47.8. The van der Waals surface area contributed by atoms with Crippen LogP contribution < -0.4 is 13.7 Å². The molecule has 24 heteroatoms. The molecule has 4 saturated carbocycles. The number of benzene rings is 8. The van der Waals surface area contributed by atoms with Gasteiger partial charge in [-0.05, 0) is 266 Å². The fraction of sp³-hybridized carbons (Fsp3) is 0.336. The largest absolute Gasteiger partial charge is 0.508 e. The summed E-state index contributed by atoms with van der Waals surface area (Å²) in [4.78, 5) is 92.1. The molecule has 20 nitrogen and oxygen atoms in total. The number of hydrogen-bond donors (Lipinski definition) is 5. The number of allylic oxidation sites excluding steroid dienone is 9. The molecule has 0 heterocycles. The Balaban J connectivity index is 0.000000307. The number of phenolic OH excluding ortho intramolecular Hbond substituents is 2.